The Morgan fingerprint density at radius 2 is 1.62 bits per heavy atom. The third-order valence-electron chi connectivity index (χ3n) is 10.7. The van der Waals surface area contributed by atoms with Gasteiger partial charge < -0.3 is 29.3 Å². The molecule has 0 aliphatic carbocycles. The summed E-state index contributed by atoms with van der Waals surface area (Å²) in [5.74, 6) is -2.46. The van der Waals surface area contributed by atoms with Crippen molar-refractivity contribution in [3.05, 3.63) is 97.1 Å². The summed E-state index contributed by atoms with van der Waals surface area (Å²) >= 11 is 0. The normalized spacial score (nSPS) is 28.6. The van der Waals surface area contributed by atoms with Crippen LogP contribution in [-0.4, -0.2) is 119 Å². The fourth-order valence-corrected chi connectivity index (χ4v) is 8.48. The van der Waals surface area contributed by atoms with Crippen molar-refractivity contribution < 1.29 is 29.0 Å². The van der Waals surface area contributed by atoms with Crippen molar-refractivity contribution in [2.75, 3.05) is 59.1 Å². The Morgan fingerprint density at radius 1 is 0.979 bits per heavy atom. The molecule has 2 aromatic carbocycles. The summed E-state index contributed by atoms with van der Waals surface area (Å²) in [6, 6.07) is 17.2. The predicted octanol–water partition coefficient (Wildman–Crippen LogP) is 3.05. The third kappa shape index (κ3) is 6.11. The molecule has 256 valence electrons. The maximum Gasteiger partial charge on any atom is 0.248 e. The number of carbonyl (C=O) groups excluding carboxylic acids is 3. The zero-order chi connectivity index (χ0) is 33.9. The van der Waals surface area contributed by atoms with Crippen molar-refractivity contribution in [3.8, 4) is 0 Å². The van der Waals surface area contributed by atoms with Crippen molar-refractivity contribution in [1.82, 2.24) is 19.6 Å². The number of hydrogen-bond acceptors (Lipinski definition) is 7. The monoisotopic (exact) mass is 656 g/mol. The molecule has 6 atom stereocenters. The molecular weight excluding hydrogens is 608 g/mol. The summed E-state index contributed by atoms with van der Waals surface area (Å²) in [6.07, 6.45) is 4.38. The average Bonchev–Trinajstić information content (AvgIpc) is 3.68. The number of rotatable bonds is 14. The van der Waals surface area contributed by atoms with Crippen LogP contribution in [0.25, 0.3) is 0 Å². The molecule has 2 aromatic rings. The molecule has 10 heteroatoms. The van der Waals surface area contributed by atoms with E-state index >= 15 is 0 Å². The zero-order valence-electron chi connectivity index (χ0n) is 27.9. The van der Waals surface area contributed by atoms with Gasteiger partial charge in [0.2, 0.25) is 17.7 Å². The minimum atomic E-state index is -1.23. The van der Waals surface area contributed by atoms with Gasteiger partial charge in [0.25, 0.3) is 0 Å². The summed E-state index contributed by atoms with van der Waals surface area (Å²) in [4.78, 5) is 51.9. The van der Waals surface area contributed by atoms with Gasteiger partial charge in [-0.25, -0.2) is 0 Å². The van der Waals surface area contributed by atoms with Crippen LogP contribution in [0.4, 0.5) is 0 Å². The Hall–Kier alpha value is -3.83. The topological polar surface area (TPSA) is 103 Å². The number of hydrogen-bond donors (Lipinski definition) is 1. The fourth-order valence-electron chi connectivity index (χ4n) is 8.48. The highest BCUT2D eigenvalue weighted by Gasteiger charge is 2.79. The molecule has 10 nitrogen and oxygen atoms in total. The van der Waals surface area contributed by atoms with Crippen LogP contribution < -0.4 is 0 Å². The second kappa shape index (κ2) is 14.3. The summed E-state index contributed by atoms with van der Waals surface area (Å²) in [7, 11) is 0. The first-order valence-corrected chi connectivity index (χ1v) is 17.1. The minimum absolute atomic E-state index is 0.190. The van der Waals surface area contributed by atoms with E-state index in [0.717, 1.165) is 18.7 Å². The van der Waals surface area contributed by atoms with Crippen molar-refractivity contribution in [2.45, 2.75) is 49.6 Å². The fraction of sp³-hybridized carbons (Fsp3) is 0.500. The maximum absolute atomic E-state index is 15.0. The molecule has 6 rings (SSSR count). The van der Waals surface area contributed by atoms with Gasteiger partial charge in [-0.15, -0.1) is 13.2 Å². The van der Waals surface area contributed by atoms with E-state index < -0.39 is 35.1 Å². The summed E-state index contributed by atoms with van der Waals surface area (Å²) in [5, 5.41) is 10.9. The van der Waals surface area contributed by atoms with E-state index in [2.05, 4.69) is 18.1 Å². The number of benzene rings is 2. The van der Waals surface area contributed by atoms with Gasteiger partial charge in [0.05, 0.1) is 43.3 Å². The first-order valence-electron chi connectivity index (χ1n) is 17.1. The number of ether oxygens (including phenoxy) is 2. The van der Waals surface area contributed by atoms with Gasteiger partial charge >= 0.3 is 0 Å². The molecule has 3 amide bonds. The first-order chi connectivity index (χ1) is 23.3. The van der Waals surface area contributed by atoms with Crippen LogP contribution in [0.5, 0.6) is 0 Å². The maximum atomic E-state index is 15.0. The van der Waals surface area contributed by atoms with Crippen LogP contribution in [0, 0.1) is 11.8 Å². The van der Waals surface area contributed by atoms with Gasteiger partial charge in [-0.3, -0.25) is 19.3 Å². The molecule has 0 radical (unpaired) electrons. The lowest BCUT2D eigenvalue weighted by atomic mass is 9.66. The highest BCUT2D eigenvalue weighted by atomic mass is 16.5. The number of aliphatic hydroxyl groups excluding tert-OH is 1. The van der Waals surface area contributed by atoms with E-state index in [1.54, 1.807) is 26.9 Å². The van der Waals surface area contributed by atoms with Gasteiger partial charge in [0.15, 0.2) is 0 Å². The van der Waals surface area contributed by atoms with E-state index in [-0.39, 0.29) is 24.3 Å². The van der Waals surface area contributed by atoms with Crippen LogP contribution >= 0.6 is 0 Å². The van der Waals surface area contributed by atoms with Crippen LogP contribution in [-0.2, 0) is 30.4 Å². The molecule has 4 fully saturated rings. The Kier molecular flexibility index (Phi) is 10.2. The lowest BCUT2D eigenvalue weighted by Crippen LogP contribution is -2.58. The van der Waals surface area contributed by atoms with Crippen LogP contribution in [0.15, 0.2) is 86.0 Å². The molecule has 0 saturated carbocycles. The van der Waals surface area contributed by atoms with Crippen molar-refractivity contribution in [1.29, 1.82) is 0 Å². The number of nitrogens with zero attached hydrogens (tertiary/aromatic N) is 4. The number of morpholine rings is 1. The van der Waals surface area contributed by atoms with Gasteiger partial charge in [-0.1, -0.05) is 72.8 Å². The van der Waals surface area contributed by atoms with E-state index in [0.29, 0.717) is 64.3 Å². The molecule has 1 spiro atoms. The van der Waals surface area contributed by atoms with E-state index in [1.807, 2.05) is 67.6 Å². The van der Waals surface area contributed by atoms with E-state index in [9.17, 15) is 19.5 Å². The average molecular weight is 657 g/mol. The molecular formula is C38H48N4O6. The number of fused-ring (bicyclic) bond motifs is 1. The van der Waals surface area contributed by atoms with Crippen molar-refractivity contribution in [3.63, 3.8) is 0 Å². The summed E-state index contributed by atoms with van der Waals surface area (Å²) in [6.45, 7) is 14.3. The molecule has 4 heterocycles. The van der Waals surface area contributed by atoms with E-state index in [1.165, 1.54) is 0 Å². The van der Waals surface area contributed by atoms with Crippen LogP contribution in [0.2, 0.25) is 0 Å². The lowest BCUT2D eigenvalue weighted by Gasteiger charge is -2.40. The van der Waals surface area contributed by atoms with Crippen LogP contribution in [0.1, 0.15) is 36.9 Å². The lowest BCUT2D eigenvalue weighted by molar-refractivity contribution is -0.156. The van der Waals surface area contributed by atoms with Gasteiger partial charge in [0.1, 0.15) is 11.6 Å². The highest BCUT2D eigenvalue weighted by molar-refractivity contribution is 5.99. The van der Waals surface area contributed by atoms with Crippen molar-refractivity contribution in [2.24, 2.45) is 11.8 Å². The second-order valence-electron chi connectivity index (χ2n) is 13.6. The quantitative estimate of drug-likeness (QED) is 0.312. The Morgan fingerprint density at radius 3 is 2.27 bits per heavy atom. The molecule has 4 aliphatic heterocycles. The zero-order valence-corrected chi connectivity index (χ0v) is 27.9. The second-order valence-corrected chi connectivity index (χ2v) is 13.6. The first kappa shape index (κ1) is 34.0. The highest BCUT2D eigenvalue weighted by Crippen LogP contribution is 2.64. The summed E-state index contributed by atoms with van der Waals surface area (Å²) in [5.41, 5.74) is -0.478. The SMILES string of the molecule is C=CCN(CCN1CCOCC1)C(=O)C1N([C@H](CO)c2ccccc2)C(=O)[C@@H]2[C@H](C(=O)N(CC=C)Cc3ccccc3)[C@]3(C)CCC12O3. The molecule has 4 saturated heterocycles. The molecule has 2 bridgehead atoms. The molecule has 0 aromatic heterocycles. The van der Waals surface area contributed by atoms with Gasteiger partial charge in [-0.05, 0) is 30.9 Å². The van der Waals surface area contributed by atoms with Gasteiger partial charge in [-0.2, -0.15) is 0 Å². The largest absolute Gasteiger partial charge is 0.394 e. The third-order valence-corrected chi connectivity index (χ3v) is 10.7. The minimum Gasteiger partial charge on any atom is -0.394 e. The molecule has 4 aliphatic rings. The van der Waals surface area contributed by atoms with Crippen molar-refractivity contribution >= 4 is 17.7 Å². The number of amides is 3. The number of aliphatic hydroxyl groups is 1. The molecule has 1 N–H and O–H groups in total. The Labute approximate surface area is 283 Å². The predicted molar refractivity (Wildman–Crippen MR) is 181 cm³/mol. The van der Waals surface area contributed by atoms with E-state index in [4.69, 9.17) is 9.47 Å². The number of likely N-dealkylation sites (tertiary alicyclic amines) is 1. The summed E-state index contributed by atoms with van der Waals surface area (Å²) < 4.78 is 12.5. The van der Waals surface area contributed by atoms with Crippen LogP contribution in [0.3, 0.4) is 0 Å². The van der Waals surface area contributed by atoms with Gasteiger partial charge in [0, 0.05) is 45.8 Å². The number of carbonyl (C=O) groups is 3. The Balaban J connectivity index is 1.39. The molecule has 2 unspecified atom stereocenters. The molecule has 48 heavy (non-hydrogen) atoms. The standard InChI is InChI=1S/C38H48N4O6/c1-4-18-40(21-20-39-22-24-47-25-23-39)36(46)33-38-17-16-37(3,48-38)31(34(44)41(19-5-2)26-28-12-8-6-9-13-28)32(38)35(45)42(33)30(27-43)29-14-10-7-11-15-29/h4-15,30-33,43H,1-2,16-27H2,3H3/t30-,31-,32+,33?,37+,38?/m1/s1. The smallest absolute Gasteiger partial charge is 0.248 e. The Bertz CT molecular complexity index is 1480.